The summed E-state index contributed by atoms with van der Waals surface area (Å²) in [7, 11) is 0. The first kappa shape index (κ1) is 24.6. The zero-order chi connectivity index (χ0) is 21.9. The van der Waals surface area contributed by atoms with Crippen molar-refractivity contribution in [1.29, 1.82) is 0 Å². The highest BCUT2D eigenvalue weighted by molar-refractivity contribution is 5.81. The van der Waals surface area contributed by atoms with Gasteiger partial charge in [-0.25, -0.2) is 0 Å². The predicted molar refractivity (Wildman–Crippen MR) is 109 cm³/mol. The van der Waals surface area contributed by atoms with Crippen LogP contribution in [0.5, 0.6) is 0 Å². The molecule has 2 N–H and O–H groups in total. The molecule has 29 heavy (non-hydrogen) atoms. The topological polar surface area (TPSA) is 102 Å². The van der Waals surface area contributed by atoms with Crippen molar-refractivity contribution in [2.24, 2.45) is 11.3 Å². The SMILES string of the molecule is CC(C[C@@H](C)NC(=O)CCC(=O)OCc1ccccc1)C(=O)OCC(C)(C)CO. The summed E-state index contributed by atoms with van der Waals surface area (Å²) in [6.45, 7) is 7.39. The van der Waals surface area contributed by atoms with Gasteiger partial charge >= 0.3 is 11.9 Å². The van der Waals surface area contributed by atoms with Crippen molar-refractivity contribution in [2.45, 2.75) is 59.6 Å². The number of carbonyl (C=O) groups excluding carboxylic acids is 3. The minimum absolute atomic E-state index is 0.000769. The van der Waals surface area contributed by atoms with Gasteiger partial charge in [0.1, 0.15) is 6.61 Å². The van der Waals surface area contributed by atoms with Crippen LogP contribution >= 0.6 is 0 Å². The van der Waals surface area contributed by atoms with Gasteiger partial charge in [0, 0.05) is 17.9 Å². The Morgan fingerprint density at radius 1 is 1.07 bits per heavy atom. The first-order chi connectivity index (χ1) is 13.6. The number of hydrogen-bond donors (Lipinski definition) is 2. The van der Waals surface area contributed by atoms with Gasteiger partial charge in [0.05, 0.1) is 25.6 Å². The van der Waals surface area contributed by atoms with Crippen LogP contribution in [0.1, 0.15) is 52.5 Å². The fourth-order valence-corrected chi connectivity index (χ4v) is 2.51. The molecule has 1 aromatic rings. The number of amides is 1. The average molecular weight is 408 g/mol. The van der Waals surface area contributed by atoms with Crippen molar-refractivity contribution in [1.82, 2.24) is 5.32 Å². The van der Waals surface area contributed by atoms with Gasteiger partial charge in [-0.05, 0) is 18.9 Å². The molecule has 0 saturated carbocycles. The van der Waals surface area contributed by atoms with Crippen LogP contribution in [-0.4, -0.2) is 42.2 Å². The maximum atomic E-state index is 12.1. The maximum Gasteiger partial charge on any atom is 0.308 e. The fourth-order valence-electron chi connectivity index (χ4n) is 2.51. The van der Waals surface area contributed by atoms with Gasteiger partial charge in [-0.2, -0.15) is 0 Å². The van der Waals surface area contributed by atoms with Crippen LogP contribution in [0.15, 0.2) is 30.3 Å². The van der Waals surface area contributed by atoms with E-state index in [1.807, 2.05) is 30.3 Å². The summed E-state index contributed by atoms with van der Waals surface area (Å²) in [4.78, 5) is 35.8. The van der Waals surface area contributed by atoms with Crippen molar-refractivity contribution >= 4 is 17.8 Å². The quantitative estimate of drug-likeness (QED) is 0.517. The molecule has 0 aliphatic rings. The Kier molecular flexibility index (Phi) is 10.4. The molecule has 0 fully saturated rings. The van der Waals surface area contributed by atoms with E-state index in [0.717, 1.165) is 5.56 Å². The summed E-state index contributed by atoms with van der Waals surface area (Å²) >= 11 is 0. The summed E-state index contributed by atoms with van der Waals surface area (Å²) in [5.41, 5.74) is 0.409. The van der Waals surface area contributed by atoms with Gasteiger partial charge in [0.2, 0.25) is 5.91 Å². The lowest BCUT2D eigenvalue weighted by Gasteiger charge is -2.23. The zero-order valence-electron chi connectivity index (χ0n) is 17.8. The Hall–Kier alpha value is -2.41. The molecule has 1 amide bonds. The van der Waals surface area contributed by atoms with Crippen LogP contribution in [0.2, 0.25) is 0 Å². The van der Waals surface area contributed by atoms with E-state index in [-0.39, 0.29) is 50.6 Å². The van der Waals surface area contributed by atoms with Crippen molar-refractivity contribution < 1.29 is 29.0 Å². The van der Waals surface area contributed by atoms with E-state index < -0.39 is 17.3 Å². The van der Waals surface area contributed by atoms with Gasteiger partial charge in [-0.3, -0.25) is 14.4 Å². The molecule has 162 valence electrons. The number of carbonyl (C=O) groups is 3. The predicted octanol–water partition coefficient (Wildman–Crippen LogP) is 2.60. The van der Waals surface area contributed by atoms with E-state index in [0.29, 0.717) is 6.42 Å². The number of nitrogens with one attached hydrogen (secondary N) is 1. The molecule has 1 rings (SSSR count). The lowest BCUT2D eigenvalue weighted by atomic mass is 9.96. The van der Waals surface area contributed by atoms with Gasteiger partial charge in [0.15, 0.2) is 0 Å². The van der Waals surface area contributed by atoms with Gasteiger partial charge < -0.3 is 19.9 Å². The fraction of sp³-hybridized carbons (Fsp3) is 0.591. The number of aliphatic hydroxyl groups excluding tert-OH is 1. The second kappa shape index (κ2) is 12.2. The molecule has 0 aromatic heterocycles. The first-order valence-electron chi connectivity index (χ1n) is 9.89. The van der Waals surface area contributed by atoms with E-state index in [9.17, 15) is 19.5 Å². The molecule has 1 aromatic carbocycles. The number of aliphatic hydroxyl groups is 1. The number of hydrogen-bond acceptors (Lipinski definition) is 6. The first-order valence-corrected chi connectivity index (χ1v) is 9.89. The Balaban J connectivity index is 2.25. The lowest BCUT2D eigenvalue weighted by molar-refractivity contribution is -0.152. The van der Waals surface area contributed by atoms with Gasteiger partial charge in [0.25, 0.3) is 0 Å². The second-order valence-corrected chi connectivity index (χ2v) is 8.18. The van der Waals surface area contributed by atoms with Crippen molar-refractivity contribution in [3.8, 4) is 0 Å². The van der Waals surface area contributed by atoms with Gasteiger partial charge in [-0.1, -0.05) is 51.1 Å². The van der Waals surface area contributed by atoms with Crippen molar-refractivity contribution in [3.63, 3.8) is 0 Å². The van der Waals surface area contributed by atoms with Crippen LogP contribution in [0.3, 0.4) is 0 Å². The van der Waals surface area contributed by atoms with Crippen LogP contribution in [0.4, 0.5) is 0 Å². The van der Waals surface area contributed by atoms with Crippen molar-refractivity contribution in [2.75, 3.05) is 13.2 Å². The van der Waals surface area contributed by atoms with E-state index in [4.69, 9.17) is 9.47 Å². The third-order valence-electron chi connectivity index (χ3n) is 4.35. The summed E-state index contributed by atoms with van der Waals surface area (Å²) < 4.78 is 10.4. The standard InChI is InChI=1S/C22H33NO6/c1-16(21(27)29-15-22(3,4)14-24)12-17(2)23-19(25)10-11-20(26)28-13-18-8-6-5-7-9-18/h5-9,16-17,24H,10-15H2,1-4H3,(H,23,25)/t16?,17-/m1/s1. The summed E-state index contributed by atoms with van der Waals surface area (Å²) in [5.74, 6) is -1.45. The molecule has 7 heteroatoms. The minimum Gasteiger partial charge on any atom is -0.465 e. The molecule has 0 saturated heterocycles. The molecule has 1 unspecified atom stereocenters. The lowest BCUT2D eigenvalue weighted by Crippen LogP contribution is -2.36. The smallest absolute Gasteiger partial charge is 0.308 e. The van der Waals surface area contributed by atoms with E-state index in [1.165, 1.54) is 0 Å². The van der Waals surface area contributed by atoms with Gasteiger partial charge in [-0.15, -0.1) is 0 Å². The molecule has 0 heterocycles. The highest BCUT2D eigenvalue weighted by Gasteiger charge is 2.23. The largest absolute Gasteiger partial charge is 0.465 e. The van der Waals surface area contributed by atoms with Crippen LogP contribution in [0, 0.1) is 11.3 Å². The van der Waals surface area contributed by atoms with Crippen LogP contribution < -0.4 is 5.32 Å². The molecule has 0 aliphatic carbocycles. The third-order valence-corrected chi connectivity index (χ3v) is 4.35. The molecular formula is C22H33NO6. The minimum atomic E-state index is -0.482. The monoisotopic (exact) mass is 407 g/mol. The molecule has 0 spiro atoms. The normalized spacial score (nSPS) is 13.3. The van der Waals surface area contributed by atoms with Crippen molar-refractivity contribution in [3.05, 3.63) is 35.9 Å². The molecule has 2 atom stereocenters. The average Bonchev–Trinajstić information content (AvgIpc) is 2.69. The van der Waals surface area contributed by atoms with E-state index >= 15 is 0 Å². The highest BCUT2D eigenvalue weighted by atomic mass is 16.5. The van der Waals surface area contributed by atoms with Crippen LogP contribution in [0.25, 0.3) is 0 Å². The van der Waals surface area contributed by atoms with E-state index in [1.54, 1.807) is 27.7 Å². The Morgan fingerprint density at radius 3 is 2.34 bits per heavy atom. The Labute approximate surface area is 172 Å². The second-order valence-electron chi connectivity index (χ2n) is 8.18. The highest BCUT2D eigenvalue weighted by Crippen LogP contribution is 2.16. The molecule has 0 radical (unpaired) electrons. The number of benzene rings is 1. The maximum absolute atomic E-state index is 12.1. The zero-order valence-corrected chi connectivity index (χ0v) is 17.8. The molecular weight excluding hydrogens is 374 g/mol. The van der Waals surface area contributed by atoms with E-state index in [2.05, 4.69) is 5.32 Å². The number of rotatable bonds is 12. The molecule has 0 bridgehead atoms. The Morgan fingerprint density at radius 2 is 1.72 bits per heavy atom. The third kappa shape index (κ3) is 10.6. The molecule has 7 nitrogen and oxygen atoms in total. The molecule has 0 aliphatic heterocycles. The number of esters is 2. The number of ether oxygens (including phenoxy) is 2. The summed E-state index contributed by atoms with van der Waals surface area (Å²) in [6.07, 6.45) is 0.448. The Bertz CT molecular complexity index is 659. The van der Waals surface area contributed by atoms with Crippen LogP contribution in [-0.2, 0) is 30.5 Å². The summed E-state index contributed by atoms with van der Waals surface area (Å²) in [5, 5.41) is 12.0. The summed E-state index contributed by atoms with van der Waals surface area (Å²) in [6, 6.07) is 9.09.